The van der Waals surface area contributed by atoms with E-state index in [4.69, 9.17) is 15.2 Å². The highest BCUT2D eigenvalue weighted by Gasteiger charge is 2.18. The molecule has 0 bridgehead atoms. The van der Waals surface area contributed by atoms with E-state index < -0.39 is 0 Å². The molecule has 3 aromatic heterocycles. The Morgan fingerprint density at radius 3 is 2.50 bits per heavy atom. The van der Waals surface area contributed by atoms with Crippen LogP contribution in [0.4, 0.5) is 5.95 Å². The molecule has 178 valence electrons. The number of nitrogens with zero attached hydrogens (tertiary/aromatic N) is 7. The summed E-state index contributed by atoms with van der Waals surface area (Å²) in [5.74, 6) is 2.30. The molecule has 10 heteroatoms. The summed E-state index contributed by atoms with van der Waals surface area (Å²) in [4.78, 5) is 19.9. The van der Waals surface area contributed by atoms with E-state index in [0.29, 0.717) is 58.4 Å². The Balaban J connectivity index is 1.69. The third-order valence-electron chi connectivity index (χ3n) is 5.56. The van der Waals surface area contributed by atoms with Gasteiger partial charge in [-0.2, -0.15) is 9.67 Å². The van der Waals surface area contributed by atoms with E-state index in [-0.39, 0.29) is 5.95 Å². The number of fused-ring (bicyclic) bond motifs is 1. The normalized spacial score (nSPS) is 11.6. The lowest BCUT2D eigenvalue weighted by molar-refractivity contribution is 0.140. The average Bonchev–Trinajstić information content (AvgIpc) is 3.22. The first-order chi connectivity index (χ1) is 16.4. The molecule has 0 amide bonds. The van der Waals surface area contributed by atoms with Gasteiger partial charge in [-0.05, 0) is 45.9 Å². The van der Waals surface area contributed by atoms with Gasteiger partial charge in [0.1, 0.15) is 18.6 Å². The highest BCUT2D eigenvalue weighted by molar-refractivity contribution is 5.88. The predicted molar refractivity (Wildman–Crippen MR) is 131 cm³/mol. The number of nitrogen functional groups attached to an aromatic ring is 1. The Morgan fingerprint density at radius 2 is 1.82 bits per heavy atom. The van der Waals surface area contributed by atoms with Crippen LogP contribution in [0.25, 0.3) is 28.2 Å². The number of hydrogen-bond acceptors (Lipinski definition) is 9. The van der Waals surface area contributed by atoms with Crippen LogP contribution in [0.5, 0.6) is 11.5 Å². The molecule has 0 aliphatic heterocycles. The second kappa shape index (κ2) is 10.0. The molecule has 4 rings (SSSR count). The van der Waals surface area contributed by atoms with Crippen molar-refractivity contribution < 1.29 is 9.47 Å². The van der Waals surface area contributed by atoms with Crippen molar-refractivity contribution in [2.75, 3.05) is 26.0 Å². The van der Waals surface area contributed by atoms with Crippen LogP contribution in [0.2, 0.25) is 0 Å². The second-order valence-electron chi connectivity index (χ2n) is 8.41. The van der Waals surface area contributed by atoms with Crippen molar-refractivity contribution in [3.8, 4) is 28.8 Å². The molecule has 10 nitrogen and oxygen atoms in total. The Kier molecular flexibility index (Phi) is 6.87. The average molecular weight is 463 g/mol. The summed E-state index contributed by atoms with van der Waals surface area (Å²) in [5.41, 5.74) is 7.50. The van der Waals surface area contributed by atoms with Crippen molar-refractivity contribution >= 4 is 16.9 Å². The van der Waals surface area contributed by atoms with Crippen LogP contribution in [0.15, 0.2) is 42.9 Å². The first-order valence-corrected chi connectivity index (χ1v) is 11.2. The fourth-order valence-electron chi connectivity index (χ4n) is 3.95. The molecule has 0 saturated heterocycles. The molecule has 0 aliphatic rings. The molecular weight excluding hydrogens is 432 g/mol. The Labute approximate surface area is 198 Å². The van der Waals surface area contributed by atoms with E-state index in [1.807, 2.05) is 30.3 Å². The Bertz CT molecular complexity index is 1250. The van der Waals surface area contributed by atoms with Crippen molar-refractivity contribution in [3.05, 3.63) is 42.9 Å². The number of methoxy groups -OCH3 is 1. The Hall–Kier alpha value is -3.79. The van der Waals surface area contributed by atoms with Gasteiger partial charge >= 0.3 is 0 Å². The van der Waals surface area contributed by atoms with Crippen LogP contribution in [-0.4, -0.2) is 67.0 Å². The summed E-state index contributed by atoms with van der Waals surface area (Å²) in [6.45, 7) is 10.0. The third kappa shape index (κ3) is 4.76. The summed E-state index contributed by atoms with van der Waals surface area (Å²) in [7, 11) is 1.61. The smallest absolute Gasteiger partial charge is 0.225 e. The van der Waals surface area contributed by atoms with E-state index in [0.717, 1.165) is 6.54 Å². The minimum Gasteiger partial charge on any atom is -0.493 e. The lowest BCUT2D eigenvalue weighted by atomic mass is 10.2. The fourth-order valence-corrected chi connectivity index (χ4v) is 3.95. The zero-order valence-electron chi connectivity index (χ0n) is 20.1. The van der Waals surface area contributed by atoms with Gasteiger partial charge in [-0.3, -0.25) is 9.88 Å². The first kappa shape index (κ1) is 23.4. The van der Waals surface area contributed by atoms with Gasteiger partial charge in [-0.1, -0.05) is 6.07 Å². The minimum atomic E-state index is 0.198. The monoisotopic (exact) mass is 462 g/mol. The van der Waals surface area contributed by atoms with Crippen LogP contribution in [0, 0.1) is 0 Å². The van der Waals surface area contributed by atoms with Crippen molar-refractivity contribution in [1.29, 1.82) is 0 Å². The molecule has 0 saturated carbocycles. The van der Waals surface area contributed by atoms with Gasteiger partial charge < -0.3 is 15.2 Å². The summed E-state index contributed by atoms with van der Waals surface area (Å²) >= 11 is 0. The quantitative estimate of drug-likeness (QED) is 0.399. The van der Waals surface area contributed by atoms with Crippen molar-refractivity contribution in [2.24, 2.45) is 0 Å². The SMILES string of the molecule is COc1cc2ncnc(-n3nc(-c4ccccn4)nc3N)c2cc1OCCN(C(C)C)C(C)C. The molecule has 0 aliphatic carbocycles. The topological polar surface area (TPSA) is 117 Å². The molecule has 0 spiro atoms. The van der Waals surface area contributed by atoms with Crippen molar-refractivity contribution in [2.45, 2.75) is 39.8 Å². The van der Waals surface area contributed by atoms with Gasteiger partial charge in [0.2, 0.25) is 11.8 Å². The van der Waals surface area contributed by atoms with Crippen molar-refractivity contribution in [1.82, 2.24) is 34.6 Å². The van der Waals surface area contributed by atoms with Crippen LogP contribution in [-0.2, 0) is 0 Å². The van der Waals surface area contributed by atoms with Gasteiger partial charge in [-0.25, -0.2) is 9.97 Å². The third-order valence-corrected chi connectivity index (χ3v) is 5.56. The minimum absolute atomic E-state index is 0.198. The summed E-state index contributed by atoms with van der Waals surface area (Å²) < 4.78 is 13.2. The van der Waals surface area contributed by atoms with Gasteiger partial charge in [0.05, 0.1) is 12.6 Å². The van der Waals surface area contributed by atoms with Gasteiger partial charge in [0.25, 0.3) is 0 Å². The molecule has 3 heterocycles. The lowest BCUT2D eigenvalue weighted by Gasteiger charge is -2.30. The van der Waals surface area contributed by atoms with Crippen molar-refractivity contribution in [3.63, 3.8) is 0 Å². The van der Waals surface area contributed by atoms with Gasteiger partial charge in [0, 0.05) is 36.3 Å². The van der Waals surface area contributed by atoms with E-state index in [1.54, 1.807) is 13.3 Å². The number of nitrogens with two attached hydrogens (primary N) is 1. The van der Waals surface area contributed by atoms with Crippen LogP contribution < -0.4 is 15.2 Å². The second-order valence-corrected chi connectivity index (χ2v) is 8.41. The molecule has 4 aromatic rings. The summed E-state index contributed by atoms with van der Waals surface area (Å²) in [6, 6.07) is 10.1. The number of benzene rings is 1. The van der Waals surface area contributed by atoms with E-state index >= 15 is 0 Å². The number of aromatic nitrogens is 6. The predicted octanol–water partition coefficient (Wildman–Crippen LogP) is 3.36. The number of rotatable bonds is 9. The number of pyridine rings is 1. The molecule has 1 aromatic carbocycles. The van der Waals surface area contributed by atoms with Crippen LogP contribution in [0.1, 0.15) is 27.7 Å². The molecule has 34 heavy (non-hydrogen) atoms. The molecule has 0 fully saturated rings. The molecule has 0 unspecified atom stereocenters. The van der Waals surface area contributed by atoms with E-state index in [2.05, 4.69) is 57.6 Å². The Morgan fingerprint density at radius 1 is 1.03 bits per heavy atom. The summed E-state index contributed by atoms with van der Waals surface area (Å²) in [5, 5.41) is 5.26. The number of anilines is 1. The molecule has 2 N–H and O–H groups in total. The van der Waals surface area contributed by atoms with Crippen LogP contribution >= 0.6 is 0 Å². The van der Waals surface area contributed by atoms with Crippen LogP contribution in [0.3, 0.4) is 0 Å². The largest absolute Gasteiger partial charge is 0.493 e. The van der Waals surface area contributed by atoms with E-state index in [1.165, 1.54) is 11.0 Å². The number of ether oxygens (including phenoxy) is 2. The number of hydrogen-bond donors (Lipinski definition) is 1. The highest BCUT2D eigenvalue weighted by atomic mass is 16.5. The molecule has 0 atom stereocenters. The summed E-state index contributed by atoms with van der Waals surface area (Å²) in [6.07, 6.45) is 3.14. The maximum atomic E-state index is 6.21. The lowest BCUT2D eigenvalue weighted by Crippen LogP contribution is -2.39. The first-order valence-electron chi connectivity index (χ1n) is 11.2. The van der Waals surface area contributed by atoms with E-state index in [9.17, 15) is 0 Å². The standard InChI is InChI=1S/C24H30N8O2/c1-15(2)31(16(3)4)10-11-34-21-12-17-19(13-20(21)33-5)27-14-28-23(17)32-24(25)29-22(30-32)18-8-6-7-9-26-18/h6-9,12-16H,10-11H2,1-5H3,(H2,25,29,30). The molecular formula is C24H30N8O2. The van der Waals surface area contributed by atoms with Gasteiger partial charge in [0.15, 0.2) is 17.3 Å². The fraction of sp³-hybridized carbons (Fsp3) is 0.375. The zero-order chi connectivity index (χ0) is 24.2. The maximum Gasteiger partial charge on any atom is 0.225 e. The maximum absolute atomic E-state index is 6.21. The highest BCUT2D eigenvalue weighted by Crippen LogP contribution is 2.34. The zero-order valence-corrected chi connectivity index (χ0v) is 20.1. The van der Waals surface area contributed by atoms with Gasteiger partial charge in [-0.15, -0.1) is 5.10 Å². The molecule has 0 radical (unpaired) electrons.